The van der Waals surface area contributed by atoms with Gasteiger partial charge < -0.3 is 10.4 Å². The first-order valence-electron chi connectivity index (χ1n) is 6.65. The molecular formula is C13H16F3N3O4. The van der Waals surface area contributed by atoms with Crippen molar-refractivity contribution in [1.29, 1.82) is 0 Å². The van der Waals surface area contributed by atoms with Crippen LogP contribution in [-0.4, -0.2) is 53.3 Å². The molecule has 0 spiro atoms. The molecule has 0 radical (unpaired) electrons. The Labute approximate surface area is 129 Å². The van der Waals surface area contributed by atoms with Gasteiger partial charge in [0.2, 0.25) is 5.91 Å². The van der Waals surface area contributed by atoms with Gasteiger partial charge in [-0.3, -0.25) is 19.8 Å². The van der Waals surface area contributed by atoms with E-state index in [0.29, 0.717) is 0 Å². The summed E-state index contributed by atoms with van der Waals surface area (Å²) in [6, 6.07) is 4.93. The lowest BCUT2D eigenvalue weighted by Crippen LogP contribution is -2.40. The predicted molar refractivity (Wildman–Crippen MR) is 75.9 cm³/mol. The van der Waals surface area contributed by atoms with Gasteiger partial charge in [-0.1, -0.05) is 0 Å². The van der Waals surface area contributed by atoms with E-state index >= 15 is 0 Å². The average molecular weight is 335 g/mol. The molecule has 0 bridgehead atoms. The smallest absolute Gasteiger partial charge is 0.396 e. The number of benzene rings is 1. The van der Waals surface area contributed by atoms with Crippen molar-refractivity contribution < 1.29 is 28.0 Å². The number of aliphatic hydroxyl groups is 1. The highest BCUT2D eigenvalue weighted by molar-refractivity contribution is 5.92. The van der Waals surface area contributed by atoms with E-state index in [0.717, 1.165) is 4.90 Å². The van der Waals surface area contributed by atoms with E-state index < -0.39 is 30.1 Å². The summed E-state index contributed by atoms with van der Waals surface area (Å²) < 4.78 is 37.3. The molecule has 0 atom stereocenters. The van der Waals surface area contributed by atoms with Gasteiger partial charge in [-0.15, -0.1) is 0 Å². The number of hydrogen-bond acceptors (Lipinski definition) is 5. The van der Waals surface area contributed by atoms with Crippen molar-refractivity contribution in [3.8, 4) is 0 Å². The maximum absolute atomic E-state index is 12.4. The van der Waals surface area contributed by atoms with Gasteiger partial charge in [0.1, 0.15) is 0 Å². The van der Waals surface area contributed by atoms with Gasteiger partial charge in [0, 0.05) is 31.0 Å². The van der Waals surface area contributed by atoms with Crippen LogP contribution in [0.1, 0.15) is 6.42 Å². The van der Waals surface area contributed by atoms with Gasteiger partial charge in [-0.05, 0) is 18.6 Å². The standard InChI is InChI=1S/C13H16F3N3O4/c14-13(15,16)9-18(6-1-7-20)8-12(21)17-10-2-4-11(5-3-10)19(22)23/h2-5,20H,1,6-9H2,(H,17,21). The topological polar surface area (TPSA) is 95.7 Å². The summed E-state index contributed by atoms with van der Waals surface area (Å²) in [6.45, 7) is -2.13. The first-order chi connectivity index (χ1) is 10.7. The van der Waals surface area contributed by atoms with Crippen LogP contribution in [0.15, 0.2) is 24.3 Å². The predicted octanol–water partition coefficient (Wildman–Crippen LogP) is 1.78. The number of non-ortho nitro benzene ring substituents is 1. The Morgan fingerprint density at radius 2 is 1.91 bits per heavy atom. The lowest BCUT2D eigenvalue weighted by molar-refractivity contribution is -0.384. The van der Waals surface area contributed by atoms with Crippen LogP contribution < -0.4 is 5.32 Å². The normalized spacial score (nSPS) is 11.5. The maximum Gasteiger partial charge on any atom is 0.401 e. The molecule has 23 heavy (non-hydrogen) atoms. The Morgan fingerprint density at radius 1 is 1.30 bits per heavy atom. The van der Waals surface area contributed by atoms with Crippen molar-refractivity contribution in [2.24, 2.45) is 0 Å². The second-order valence-corrected chi connectivity index (χ2v) is 4.76. The fourth-order valence-electron chi connectivity index (χ4n) is 1.83. The minimum Gasteiger partial charge on any atom is -0.396 e. The van der Waals surface area contributed by atoms with E-state index in [1.54, 1.807) is 0 Å². The number of aliphatic hydroxyl groups excluding tert-OH is 1. The number of hydrogen-bond donors (Lipinski definition) is 2. The first-order valence-corrected chi connectivity index (χ1v) is 6.65. The number of alkyl halides is 3. The highest BCUT2D eigenvalue weighted by atomic mass is 19.4. The van der Waals surface area contributed by atoms with Crippen molar-refractivity contribution in [3.63, 3.8) is 0 Å². The summed E-state index contributed by atoms with van der Waals surface area (Å²) in [6.07, 6.45) is -4.34. The van der Waals surface area contributed by atoms with Crippen LogP contribution in [0.4, 0.5) is 24.5 Å². The van der Waals surface area contributed by atoms with Gasteiger partial charge in [-0.2, -0.15) is 13.2 Å². The summed E-state index contributed by atoms with van der Waals surface area (Å²) in [4.78, 5) is 22.5. The number of halogens is 3. The summed E-state index contributed by atoms with van der Waals surface area (Å²) in [7, 11) is 0. The Hall–Kier alpha value is -2.20. The van der Waals surface area contributed by atoms with E-state index in [4.69, 9.17) is 5.11 Å². The van der Waals surface area contributed by atoms with Crippen LogP contribution >= 0.6 is 0 Å². The molecule has 10 heteroatoms. The third-order valence-corrected chi connectivity index (χ3v) is 2.76. The van der Waals surface area contributed by atoms with E-state index in [2.05, 4.69) is 5.32 Å². The number of carbonyl (C=O) groups excluding carboxylic acids is 1. The van der Waals surface area contributed by atoms with Gasteiger partial charge in [0.05, 0.1) is 18.0 Å². The molecule has 0 aliphatic carbocycles. The Morgan fingerprint density at radius 3 is 2.39 bits per heavy atom. The molecule has 128 valence electrons. The van der Waals surface area contributed by atoms with Crippen molar-refractivity contribution in [2.75, 3.05) is 31.6 Å². The third kappa shape index (κ3) is 7.56. The highest BCUT2D eigenvalue weighted by Gasteiger charge is 2.31. The molecule has 0 aliphatic heterocycles. The molecular weight excluding hydrogens is 319 g/mol. The molecule has 0 aromatic heterocycles. The fourth-order valence-corrected chi connectivity index (χ4v) is 1.83. The zero-order valence-corrected chi connectivity index (χ0v) is 12.0. The molecule has 1 amide bonds. The number of carbonyl (C=O) groups is 1. The lowest BCUT2D eigenvalue weighted by atomic mass is 10.3. The molecule has 1 rings (SSSR count). The van der Waals surface area contributed by atoms with Crippen LogP contribution in [0.5, 0.6) is 0 Å². The minimum atomic E-state index is -4.46. The van der Waals surface area contributed by atoms with Crippen LogP contribution in [0.3, 0.4) is 0 Å². The lowest BCUT2D eigenvalue weighted by Gasteiger charge is -2.22. The summed E-state index contributed by atoms with van der Waals surface area (Å²) in [5, 5.41) is 21.6. The molecule has 1 aromatic rings. The van der Waals surface area contributed by atoms with E-state index in [-0.39, 0.29) is 30.9 Å². The highest BCUT2D eigenvalue weighted by Crippen LogP contribution is 2.17. The first kappa shape index (κ1) is 18.8. The summed E-state index contributed by atoms with van der Waals surface area (Å²) in [5.41, 5.74) is 0.0827. The van der Waals surface area contributed by atoms with Crippen LogP contribution in [-0.2, 0) is 4.79 Å². The molecule has 2 N–H and O–H groups in total. The molecule has 0 aliphatic rings. The van der Waals surface area contributed by atoms with Crippen molar-refractivity contribution >= 4 is 17.3 Å². The Kier molecular flexibility index (Phi) is 6.91. The second kappa shape index (κ2) is 8.44. The number of rotatable bonds is 8. The largest absolute Gasteiger partial charge is 0.401 e. The third-order valence-electron chi connectivity index (χ3n) is 2.76. The fraction of sp³-hybridized carbons (Fsp3) is 0.462. The summed E-state index contributed by atoms with van der Waals surface area (Å²) in [5.74, 6) is -0.680. The van der Waals surface area contributed by atoms with E-state index in [1.165, 1.54) is 24.3 Å². The SMILES string of the molecule is O=C(CN(CCCO)CC(F)(F)F)Nc1ccc([N+](=O)[O-])cc1. The number of anilines is 1. The molecule has 0 unspecified atom stereocenters. The maximum atomic E-state index is 12.4. The zero-order valence-electron chi connectivity index (χ0n) is 12.0. The number of nitro groups is 1. The van der Waals surface area contributed by atoms with E-state index in [1.807, 2.05) is 0 Å². The number of nitrogens with one attached hydrogen (secondary N) is 1. The van der Waals surface area contributed by atoms with Gasteiger partial charge in [0.15, 0.2) is 0 Å². The quantitative estimate of drug-likeness (QED) is 0.558. The van der Waals surface area contributed by atoms with Crippen molar-refractivity contribution in [3.05, 3.63) is 34.4 Å². The average Bonchev–Trinajstić information content (AvgIpc) is 2.43. The van der Waals surface area contributed by atoms with Crippen LogP contribution in [0, 0.1) is 10.1 Å². The molecule has 0 saturated heterocycles. The van der Waals surface area contributed by atoms with Gasteiger partial charge in [0.25, 0.3) is 5.69 Å². The molecule has 1 aromatic carbocycles. The Balaban J connectivity index is 2.61. The summed E-state index contributed by atoms with van der Waals surface area (Å²) >= 11 is 0. The minimum absolute atomic E-state index is 0.0797. The van der Waals surface area contributed by atoms with Crippen LogP contribution in [0.25, 0.3) is 0 Å². The molecule has 7 nitrogen and oxygen atoms in total. The number of amides is 1. The van der Waals surface area contributed by atoms with Crippen molar-refractivity contribution in [2.45, 2.75) is 12.6 Å². The number of nitrogens with zero attached hydrogens (tertiary/aromatic N) is 2. The second-order valence-electron chi connectivity index (χ2n) is 4.76. The van der Waals surface area contributed by atoms with Gasteiger partial charge >= 0.3 is 6.18 Å². The molecule has 0 heterocycles. The van der Waals surface area contributed by atoms with E-state index in [9.17, 15) is 28.1 Å². The number of nitro benzene ring substituents is 1. The van der Waals surface area contributed by atoms with Crippen molar-refractivity contribution in [1.82, 2.24) is 4.90 Å². The molecule has 0 fully saturated rings. The van der Waals surface area contributed by atoms with Gasteiger partial charge in [-0.25, -0.2) is 0 Å². The van der Waals surface area contributed by atoms with Crippen LogP contribution in [0.2, 0.25) is 0 Å². The monoisotopic (exact) mass is 335 g/mol. The Bertz CT molecular complexity index is 534. The molecule has 0 saturated carbocycles. The zero-order chi connectivity index (χ0) is 17.5.